The molecular formula is C24H26ClN7O. The Kier molecular flexibility index (Phi) is 6.37. The first kappa shape index (κ1) is 21.6. The average Bonchev–Trinajstić information content (AvgIpc) is 3.25. The summed E-state index contributed by atoms with van der Waals surface area (Å²) < 4.78 is 1.90. The van der Waals surface area contributed by atoms with E-state index in [0.717, 1.165) is 47.7 Å². The number of halogens is 1. The number of pyridine rings is 1. The Hall–Kier alpha value is -3.23. The number of nitrogens with zero attached hydrogens (tertiary/aromatic N) is 4. The average molecular weight is 464 g/mol. The molecule has 3 aromatic heterocycles. The van der Waals surface area contributed by atoms with Crippen LogP contribution in [0.4, 0.5) is 5.82 Å². The maximum Gasteiger partial charge on any atom is 0.248 e. The quantitative estimate of drug-likeness (QED) is 0.389. The van der Waals surface area contributed by atoms with Crippen molar-refractivity contribution in [2.75, 3.05) is 25.0 Å². The van der Waals surface area contributed by atoms with Crippen LogP contribution < -0.4 is 16.2 Å². The lowest BCUT2D eigenvalue weighted by atomic mass is 9.98. The molecule has 0 spiro atoms. The fourth-order valence-corrected chi connectivity index (χ4v) is 4.39. The van der Waals surface area contributed by atoms with Gasteiger partial charge in [0.15, 0.2) is 5.65 Å². The van der Waals surface area contributed by atoms with Crippen molar-refractivity contribution in [1.82, 2.24) is 30.0 Å². The lowest BCUT2D eigenvalue weighted by molar-refractivity contribution is 0.389. The first-order chi connectivity index (χ1) is 16.1. The second-order valence-corrected chi connectivity index (χ2v) is 8.91. The topological polar surface area (TPSA) is 101 Å². The van der Waals surface area contributed by atoms with Gasteiger partial charge in [0.05, 0.1) is 17.0 Å². The van der Waals surface area contributed by atoms with Crippen molar-refractivity contribution in [1.29, 1.82) is 0 Å². The number of rotatable bonds is 7. The van der Waals surface area contributed by atoms with Gasteiger partial charge in [0, 0.05) is 30.9 Å². The van der Waals surface area contributed by atoms with Gasteiger partial charge in [0.25, 0.3) is 0 Å². The Labute approximate surface area is 196 Å². The van der Waals surface area contributed by atoms with Crippen LogP contribution in [0, 0.1) is 5.92 Å². The van der Waals surface area contributed by atoms with Gasteiger partial charge >= 0.3 is 0 Å². The fourth-order valence-electron chi connectivity index (χ4n) is 4.21. The van der Waals surface area contributed by atoms with Gasteiger partial charge in [-0.05, 0) is 49.0 Å². The lowest BCUT2D eigenvalue weighted by Crippen LogP contribution is -2.31. The van der Waals surface area contributed by atoms with Crippen molar-refractivity contribution in [2.24, 2.45) is 5.92 Å². The van der Waals surface area contributed by atoms with E-state index in [1.807, 2.05) is 23.0 Å². The molecule has 0 amide bonds. The molecule has 5 rings (SSSR count). The summed E-state index contributed by atoms with van der Waals surface area (Å²) in [6.07, 6.45) is 6.51. The Morgan fingerprint density at radius 3 is 2.67 bits per heavy atom. The van der Waals surface area contributed by atoms with Gasteiger partial charge in [-0.15, -0.1) is 0 Å². The summed E-state index contributed by atoms with van der Waals surface area (Å²) in [4.78, 5) is 23.2. The number of hydrogen-bond acceptors (Lipinski definition) is 6. The molecule has 4 aromatic rings. The predicted molar refractivity (Wildman–Crippen MR) is 130 cm³/mol. The largest absolute Gasteiger partial charge is 0.369 e. The van der Waals surface area contributed by atoms with Gasteiger partial charge in [-0.2, -0.15) is 5.10 Å². The van der Waals surface area contributed by atoms with Crippen LogP contribution >= 0.6 is 11.6 Å². The smallest absolute Gasteiger partial charge is 0.248 e. The first-order valence-corrected chi connectivity index (χ1v) is 11.6. The summed E-state index contributed by atoms with van der Waals surface area (Å²) in [6, 6.07) is 11.3. The van der Waals surface area contributed by atoms with Crippen LogP contribution in [0.3, 0.4) is 0 Å². The number of hydrogen-bond donors (Lipinski definition) is 3. The van der Waals surface area contributed by atoms with Crippen molar-refractivity contribution < 1.29 is 0 Å². The summed E-state index contributed by atoms with van der Waals surface area (Å²) in [5, 5.41) is 13.0. The summed E-state index contributed by atoms with van der Waals surface area (Å²) >= 11 is 6.20. The number of fused-ring (bicyclic) bond motifs is 1. The van der Waals surface area contributed by atoms with Crippen molar-refractivity contribution in [3.05, 3.63) is 81.1 Å². The molecule has 0 aliphatic carbocycles. The van der Waals surface area contributed by atoms with Crippen molar-refractivity contribution >= 4 is 28.5 Å². The second kappa shape index (κ2) is 9.72. The third-order valence-corrected chi connectivity index (χ3v) is 6.43. The van der Waals surface area contributed by atoms with Gasteiger partial charge in [-0.25, -0.2) is 9.97 Å². The summed E-state index contributed by atoms with van der Waals surface area (Å²) in [5.41, 5.74) is 3.46. The zero-order valence-electron chi connectivity index (χ0n) is 18.2. The monoisotopic (exact) mass is 463 g/mol. The maximum atomic E-state index is 11.6. The highest BCUT2D eigenvalue weighted by atomic mass is 35.5. The van der Waals surface area contributed by atoms with Crippen LogP contribution in [0.2, 0.25) is 5.02 Å². The van der Waals surface area contributed by atoms with E-state index in [9.17, 15) is 4.79 Å². The van der Waals surface area contributed by atoms with E-state index in [4.69, 9.17) is 11.6 Å². The molecule has 1 aromatic carbocycles. The molecule has 170 valence electrons. The van der Waals surface area contributed by atoms with Crippen LogP contribution in [0.25, 0.3) is 11.0 Å². The Morgan fingerprint density at radius 2 is 1.85 bits per heavy atom. The van der Waals surface area contributed by atoms with Crippen LogP contribution in [0.1, 0.15) is 29.7 Å². The lowest BCUT2D eigenvalue weighted by Gasteiger charge is -2.22. The number of anilines is 1. The van der Waals surface area contributed by atoms with Crippen molar-refractivity contribution in [3.63, 3.8) is 0 Å². The van der Waals surface area contributed by atoms with E-state index in [0.29, 0.717) is 29.6 Å². The number of nitrogens with one attached hydrogen (secondary N) is 3. The van der Waals surface area contributed by atoms with E-state index < -0.39 is 0 Å². The molecule has 0 unspecified atom stereocenters. The summed E-state index contributed by atoms with van der Waals surface area (Å²) in [5.74, 6) is 1.50. The molecule has 1 aliphatic heterocycles. The fraction of sp³-hybridized carbons (Fsp3) is 0.333. The molecule has 1 saturated heterocycles. The minimum Gasteiger partial charge on any atom is -0.369 e. The normalized spacial score (nSPS) is 14.6. The van der Waals surface area contributed by atoms with Gasteiger partial charge < -0.3 is 15.6 Å². The SMILES string of the molecule is O=c1ccc(Cl)c(Cc2ccc(Cn3cc4c(NCC5CCNCC5)ncnc4n3)cc2)[nH]1. The highest BCUT2D eigenvalue weighted by molar-refractivity contribution is 6.31. The number of benzene rings is 1. The Balaban J connectivity index is 1.27. The zero-order valence-corrected chi connectivity index (χ0v) is 19.0. The third-order valence-electron chi connectivity index (χ3n) is 6.07. The van der Waals surface area contributed by atoms with Crippen molar-refractivity contribution in [2.45, 2.75) is 25.8 Å². The highest BCUT2D eigenvalue weighted by Gasteiger charge is 2.15. The van der Waals surface area contributed by atoms with Crippen LogP contribution in [0.5, 0.6) is 0 Å². The molecule has 8 nitrogen and oxygen atoms in total. The van der Waals surface area contributed by atoms with Gasteiger partial charge in [-0.1, -0.05) is 35.9 Å². The third kappa shape index (κ3) is 5.23. The minimum absolute atomic E-state index is 0.149. The molecular weight excluding hydrogens is 438 g/mol. The number of aromatic amines is 1. The van der Waals surface area contributed by atoms with Gasteiger partial charge in [0.2, 0.25) is 5.56 Å². The summed E-state index contributed by atoms with van der Waals surface area (Å²) in [6.45, 7) is 3.71. The molecule has 0 radical (unpaired) electrons. The molecule has 1 fully saturated rings. The van der Waals surface area contributed by atoms with Gasteiger partial charge in [0.1, 0.15) is 12.1 Å². The van der Waals surface area contributed by atoms with Crippen LogP contribution in [-0.2, 0) is 13.0 Å². The first-order valence-electron chi connectivity index (χ1n) is 11.2. The predicted octanol–water partition coefficient (Wildman–Crippen LogP) is 3.22. The maximum absolute atomic E-state index is 11.6. The van der Waals surface area contributed by atoms with E-state index in [1.54, 1.807) is 12.4 Å². The standard InChI is InChI=1S/C24H26ClN7O/c25-20-5-6-22(33)30-21(20)11-16-1-3-18(4-2-16)13-32-14-19-23(28-15-29-24(19)31-32)27-12-17-7-9-26-10-8-17/h1-6,14-15,17,26H,7-13H2,(H,30,33)(H,27,28,29,31). The molecule has 9 heteroatoms. The summed E-state index contributed by atoms with van der Waals surface area (Å²) in [7, 11) is 0. The molecule has 4 heterocycles. The Bertz CT molecular complexity index is 1290. The van der Waals surface area contributed by atoms with E-state index in [1.165, 1.54) is 18.9 Å². The van der Waals surface area contributed by atoms with E-state index in [2.05, 4.69) is 42.8 Å². The Morgan fingerprint density at radius 1 is 1.06 bits per heavy atom. The number of piperidine rings is 1. The van der Waals surface area contributed by atoms with E-state index in [-0.39, 0.29) is 5.56 Å². The van der Waals surface area contributed by atoms with Gasteiger partial charge in [-0.3, -0.25) is 9.48 Å². The molecule has 0 bridgehead atoms. The van der Waals surface area contributed by atoms with Crippen molar-refractivity contribution in [3.8, 4) is 0 Å². The number of aromatic nitrogens is 5. The highest BCUT2D eigenvalue weighted by Crippen LogP contribution is 2.21. The number of H-pyrrole nitrogens is 1. The molecule has 0 atom stereocenters. The molecule has 3 N–H and O–H groups in total. The second-order valence-electron chi connectivity index (χ2n) is 8.50. The molecule has 1 aliphatic rings. The van der Waals surface area contributed by atoms with E-state index >= 15 is 0 Å². The van der Waals surface area contributed by atoms with Crippen LogP contribution in [0.15, 0.2) is 53.7 Å². The minimum atomic E-state index is -0.149. The van der Waals surface area contributed by atoms with Crippen LogP contribution in [-0.4, -0.2) is 44.4 Å². The zero-order chi connectivity index (χ0) is 22.6. The molecule has 33 heavy (non-hydrogen) atoms. The molecule has 0 saturated carbocycles.